The van der Waals surface area contributed by atoms with Crippen LogP contribution < -0.4 is 4.90 Å². The molecule has 0 aromatic carbocycles. The first-order valence-electron chi connectivity index (χ1n) is 4.87. The van der Waals surface area contributed by atoms with Crippen molar-refractivity contribution in [2.45, 2.75) is 0 Å². The highest BCUT2D eigenvalue weighted by molar-refractivity contribution is 5.85. The second-order valence-electron chi connectivity index (χ2n) is 3.34. The van der Waals surface area contributed by atoms with Crippen molar-refractivity contribution in [1.29, 1.82) is 0 Å². The molecular formula is C11H10N4O2. The highest BCUT2D eigenvalue weighted by atomic mass is 16.4. The normalized spacial score (nSPS) is 9.94. The molecule has 0 aliphatic heterocycles. The zero-order valence-electron chi connectivity index (χ0n) is 9.11. The topological polar surface area (TPSA) is 79.2 Å². The number of aromatic carboxylic acids is 1. The van der Waals surface area contributed by atoms with Gasteiger partial charge in [0.25, 0.3) is 0 Å². The van der Waals surface area contributed by atoms with Crippen molar-refractivity contribution in [2.24, 2.45) is 0 Å². The average molecular weight is 230 g/mol. The fraction of sp³-hybridized carbons (Fsp3) is 0.0909. The van der Waals surface area contributed by atoms with Gasteiger partial charge >= 0.3 is 5.97 Å². The number of rotatable bonds is 3. The summed E-state index contributed by atoms with van der Waals surface area (Å²) in [5.41, 5.74) is 0.725. The third-order valence-electron chi connectivity index (χ3n) is 2.22. The minimum absolute atomic E-state index is 0.0850. The van der Waals surface area contributed by atoms with Gasteiger partial charge in [-0.05, 0) is 12.1 Å². The minimum Gasteiger partial charge on any atom is -0.476 e. The molecule has 0 aliphatic carbocycles. The Morgan fingerprint density at radius 3 is 2.76 bits per heavy atom. The summed E-state index contributed by atoms with van der Waals surface area (Å²) in [6.45, 7) is 0. The van der Waals surface area contributed by atoms with Gasteiger partial charge in [0.2, 0.25) is 0 Å². The molecule has 2 heterocycles. The van der Waals surface area contributed by atoms with Gasteiger partial charge in [-0.15, -0.1) is 0 Å². The molecule has 0 spiro atoms. The molecule has 1 N–H and O–H groups in total. The Balaban J connectivity index is 2.34. The average Bonchev–Trinajstić information content (AvgIpc) is 2.39. The van der Waals surface area contributed by atoms with Gasteiger partial charge in [0.05, 0.1) is 24.3 Å². The Morgan fingerprint density at radius 1 is 1.29 bits per heavy atom. The van der Waals surface area contributed by atoms with Gasteiger partial charge in [0.1, 0.15) is 0 Å². The van der Waals surface area contributed by atoms with E-state index in [1.165, 1.54) is 12.4 Å². The molecule has 0 radical (unpaired) electrons. The van der Waals surface area contributed by atoms with Crippen molar-refractivity contribution in [3.05, 3.63) is 42.6 Å². The zero-order valence-corrected chi connectivity index (χ0v) is 9.11. The molecule has 0 fully saturated rings. The first-order chi connectivity index (χ1) is 8.18. The van der Waals surface area contributed by atoms with Crippen LogP contribution in [0.5, 0.6) is 0 Å². The largest absolute Gasteiger partial charge is 0.476 e. The van der Waals surface area contributed by atoms with Crippen molar-refractivity contribution in [1.82, 2.24) is 15.0 Å². The van der Waals surface area contributed by atoms with Crippen molar-refractivity contribution >= 4 is 17.5 Å². The highest BCUT2D eigenvalue weighted by Gasteiger charge is 2.10. The second kappa shape index (κ2) is 4.56. The van der Waals surface area contributed by atoms with E-state index in [-0.39, 0.29) is 5.69 Å². The first kappa shape index (κ1) is 11.0. The number of hydrogen-bond donors (Lipinski definition) is 1. The Labute approximate surface area is 97.6 Å². The molecule has 0 aliphatic rings. The van der Waals surface area contributed by atoms with Crippen LogP contribution in [0.2, 0.25) is 0 Å². The summed E-state index contributed by atoms with van der Waals surface area (Å²) in [6.07, 6.45) is 6.04. The molecular weight excluding hydrogens is 220 g/mol. The summed E-state index contributed by atoms with van der Waals surface area (Å²) in [7, 11) is 1.77. The van der Waals surface area contributed by atoms with E-state index in [1.54, 1.807) is 30.4 Å². The van der Waals surface area contributed by atoms with Crippen LogP contribution in [0.1, 0.15) is 10.5 Å². The summed E-state index contributed by atoms with van der Waals surface area (Å²) >= 11 is 0. The van der Waals surface area contributed by atoms with Gasteiger partial charge in [-0.3, -0.25) is 9.97 Å². The van der Waals surface area contributed by atoms with E-state index in [4.69, 9.17) is 5.11 Å². The quantitative estimate of drug-likeness (QED) is 0.857. The Kier molecular flexibility index (Phi) is 2.95. The highest BCUT2D eigenvalue weighted by Crippen LogP contribution is 2.19. The van der Waals surface area contributed by atoms with Gasteiger partial charge in [-0.25, -0.2) is 9.78 Å². The Hall–Kier alpha value is -2.50. The van der Waals surface area contributed by atoms with Crippen molar-refractivity contribution in [3.8, 4) is 0 Å². The molecule has 6 heteroatoms. The fourth-order valence-corrected chi connectivity index (χ4v) is 1.30. The lowest BCUT2D eigenvalue weighted by atomic mass is 10.4. The number of pyridine rings is 1. The maximum atomic E-state index is 10.8. The molecule has 2 aromatic rings. The van der Waals surface area contributed by atoms with Gasteiger partial charge in [-0.2, -0.15) is 0 Å². The summed E-state index contributed by atoms with van der Waals surface area (Å²) in [5, 5.41) is 8.83. The van der Waals surface area contributed by atoms with E-state index >= 15 is 0 Å². The number of nitrogens with zero attached hydrogens (tertiary/aromatic N) is 4. The maximum Gasteiger partial charge on any atom is 0.356 e. The van der Waals surface area contributed by atoms with E-state index in [0.717, 1.165) is 5.69 Å². The van der Waals surface area contributed by atoms with Crippen LogP contribution in [-0.4, -0.2) is 33.1 Å². The van der Waals surface area contributed by atoms with Crippen LogP contribution in [0.4, 0.5) is 11.5 Å². The van der Waals surface area contributed by atoms with Crippen LogP contribution >= 0.6 is 0 Å². The number of carboxylic acid groups (broad SMARTS) is 1. The molecule has 0 atom stereocenters. The van der Waals surface area contributed by atoms with Crippen molar-refractivity contribution < 1.29 is 9.90 Å². The number of hydrogen-bond acceptors (Lipinski definition) is 5. The van der Waals surface area contributed by atoms with Crippen molar-refractivity contribution in [3.63, 3.8) is 0 Å². The number of aromatic nitrogens is 3. The first-order valence-corrected chi connectivity index (χ1v) is 4.87. The third kappa shape index (κ3) is 2.36. The van der Waals surface area contributed by atoms with Gasteiger partial charge in [0, 0.05) is 13.2 Å². The predicted molar refractivity (Wildman–Crippen MR) is 61.3 cm³/mol. The maximum absolute atomic E-state index is 10.8. The van der Waals surface area contributed by atoms with E-state index in [2.05, 4.69) is 15.0 Å². The lowest BCUT2D eigenvalue weighted by Gasteiger charge is -2.17. The molecule has 0 saturated carbocycles. The second-order valence-corrected chi connectivity index (χ2v) is 3.34. The van der Waals surface area contributed by atoms with Crippen LogP contribution in [0, 0.1) is 0 Å². The number of carbonyl (C=O) groups is 1. The lowest BCUT2D eigenvalue weighted by molar-refractivity contribution is 0.0690. The van der Waals surface area contributed by atoms with Gasteiger partial charge in [-0.1, -0.05) is 0 Å². The molecule has 0 unspecified atom stereocenters. The summed E-state index contributed by atoms with van der Waals surface area (Å²) < 4.78 is 0. The smallest absolute Gasteiger partial charge is 0.356 e. The molecule has 0 saturated heterocycles. The molecule has 17 heavy (non-hydrogen) atoms. The van der Waals surface area contributed by atoms with Crippen LogP contribution in [0.15, 0.2) is 36.9 Å². The third-order valence-corrected chi connectivity index (χ3v) is 2.22. The van der Waals surface area contributed by atoms with E-state index < -0.39 is 5.97 Å². The molecule has 2 aromatic heterocycles. The molecule has 6 nitrogen and oxygen atoms in total. The van der Waals surface area contributed by atoms with Crippen LogP contribution in [0.25, 0.3) is 0 Å². The molecule has 2 rings (SSSR count). The lowest BCUT2D eigenvalue weighted by Crippen LogP contribution is -2.13. The van der Waals surface area contributed by atoms with Crippen molar-refractivity contribution in [2.75, 3.05) is 11.9 Å². The van der Waals surface area contributed by atoms with E-state index in [0.29, 0.717) is 5.82 Å². The SMILES string of the molecule is CN(c1cccnc1)c1cncc(C(=O)O)n1. The standard InChI is InChI=1S/C11H10N4O2/c1-15(8-3-2-4-12-5-8)10-7-13-6-9(14-10)11(16)17/h2-7H,1H3,(H,16,17). The van der Waals surface area contributed by atoms with Crippen LogP contribution in [0.3, 0.4) is 0 Å². The van der Waals surface area contributed by atoms with Gasteiger partial charge in [0.15, 0.2) is 11.5 Å². The minimum atomic E-state index is -1.10. The zero-order chi connectivity index (χ0) is 12.3. The Morgan fingerprint density at radius 2 is 2.12 bits per heavy atom. The van der Waals surface area contributed by atoms with Gasteiger partial charge < -0.3 is 10.0 Å². The molecule has 0 amide bonds. The van der Waals surface area contributed by atoms with E-state index in [1.807, 2.05) is 6.07 Å². The summed E-state index contributed by atoms with van der Waals surface area (Å²) in [5.74, 6) is -0.642. The Bertz CT molecular complexity index is 530. The monoisotopic (exact) mass is 230 g/mol. The predicted octanol–water partition coefficient (Wildman–Crippen LogP) is 1.34. The summed E-state index contributed by atoms with van der Waals surface area (Å²) in [4.78, 5) is 24.3. The van der Waals surface area contributed by atoms with Crippen LogP contribution in [-0.2, 0) is 0 Å². The molecule has 0 bridgehead atoms. The fourth-order valence-electron chi connectivity index (χ4n) is 1.30. The molecule has 86 valence electrons. The number of carboxylic acids is 1. The van der Waals surface area contributed by atoms with E-state index in [9.17, 15) is 4.79 Å². The summed E-state index contributed by atoms with van der Waals surface area (Å²) in [6, 6.07) is 3.64. The number of anilines is 2.